The van der Waals surface area contributed by atoms with Crippen LogP contribution in [0.5, 0.6) is 0 Å². The van der Waals surface area contributed by atoms with Crippen LogP contribution in [0.3, 0.4) is 0 Å². The molecule has 0 radical (unpaired) electrons. The SMILES string of the molecule is C=CCNC(=S)c1c(-c2ccccc2)c2c3n(c(-c4ccc(Br)cc4)nn13)CCCC2. The minimum Gasteiger partial charge on any atom is -0.371 e. The highest BCUT2D eigenvalue weighted by atomic mass is 79.9. The molecule has 1 aliphatic rings. The molecule has 3 heterocycles. The number of aryl methyl sites for hydroxylation is 2. The molecule has 0 amide bonds. The quantitative estimate of drug-likeness (QED) is 0.274. The summed E-state index contributed by atoms with van der Waals surface area (Å²) in [6.07, 6.45) is 5.12. The molecule has 0 aliphatic carbocycles. The molecule has 0 bridgehead atoms. The van der Waals surface area contributed by atoms with Gasteiger partial charge in [0.1, 0.15) is 16.3 Å². The predicted molar refractivity (Wildman–Crippen MR) is 135 cm³/mol. The van der Waals surface area contributed by atoms with Crippen molar-refractivity contribution in [1.29, 1.82) is 0 Å². The van der Waals surface area contributed by atoms with E-state index in [1.165, 1.54) is 16.7 Å². The maximum atomic E-state index is 5.87. The summed E-state index contributed by atoms with van der Waals surface area (Å²) in [5, 5.41) is 8.45. The third kappa shape index (κ3) is 3.54. The number of rotatable bonds is 5. The Labute approximate surface area is 195 Å². The van der Waals surface area contributed by atoms with Crippen molar-refractivity contribution < 1.29 is 0 Å². The molecule has 1 aliphatic heterocycles. The molecule has 0 saturated heterocycles. The first kappa shape index (κ1) is 20.2. The van der Waals surface area contributed by atoms with Gasteiger partial charge in [-0.25, -0.2) is 4.52 Å². The highest BCUT2D eigenvalue weighted by Crippen LogP contribution is 2.38. The Morgan fingerprint density at radius 1 is 1.10 bits per heavy atom. The average Bonchev–Trinajstić information content (AvgIpc) is 3.21. The van der Waals surface area contributed by atoms with Gasteiger partial charge in [0.05, 0.1) is 0 Å². The minimum atomic E-state index is 0.621. The Bertz CT molecular complexity index is 1270. The molecule has 2 aromatic carbocycles. The van der Waals surface area contributed by atoms with E-state index in [2.05, 4.69) is 91.5 Å². The number of nitrogens with zero attached hydrogens (tertiary/aromatic N) is 3. The lowest BCUT2D eigenvalue weighted by Crippen LogP contribution is -2.24. The van der Waals surface area contributed by atoms with E-state index in [9.17, 15) is 0 Å². The maximum absolute atomic E-state index is 5.87. The lowest BCUT2D eigenvalue weighted by atomic mass is 9.98. The minimum absolute atomic E-state index is 0.621. The van der Waals surface area contributed by atoms with E-state index in [0.717, 1.165) is 53.0 Å². The zero-order valence-corrected chi connectivity index (χ0v) is 19.5. The number of aromatic nitrogens is 3. The van der Waals surface area contributed by atoms with E-state index >= 15 is 0 Å². The molecule has 2 aromatic heterocycles. The summed E-state index contributed by atoms with van der Waals surface area (Å²) in [4.78, 5) is 0.701. The Morgan fingerprint density at radius 2 is 1.87 bits per heavy atom. The molecule has 0 atom stereocenters. The fourth-order valence-electron chi connectivity index (χ4n) is 4.42. The first-order valence-electron chi connectivity index (χ1n) is 10.5. The number of thiocarbonyl (C=S) groups is 1. The first-order chi connectivity index (χ1) is 15.2. The summed E-state index contributed by atoms with van der Waals surface area (Å²) >= 11 is 9.41. The van der Waals surface area contributed by atoms with Gasteiger partial charge in [-0.3, -0.25) is 0 Å². The van der Waals surface area contributed by atoms with Gasteiger partial charge in [-0.05, 0) is 37.0 Å². The van der Waals surface area contributed by atoms with Gasteiger partial charge in [-0.15, -0.1) is 11.7 Å². The van der Waals surface area contributed by atoms with Crippen LogP contribution in [0.2, 0.25) is 0 Å². The van der Waals surface area contributed by atoms with Gasteiger partial charge >= 0.3 is 0 Å². The number of nitrogens with one attached hydrogen (secondary N) is 1. The van der Waals surface area contributed by atoms with Crippen LogP contribution in [0.15, 0.2) is 71.7 Å². The van der Waals surface area contributed by atoms with Crippen molar-refractivity contribution in [2.24, 2.45) is 0 Å². The Morgan fingerprint density at radius 3 is 2.61 bits per heavy atom. The van der Waals surface area contributed by atoms with E-state index in [0.29, 0.717) is 11.5 Å². The number of benzene rings is 2. The van der Waals surface area contributed by atoms with Gasteiger partial charge in [-0.1, -0.05) is 76.7 Å². The van der Waals surface area contributed by atoms with Crippen molar-refractivity contribution in [3.05, 3.63) is 83.0 Å². The van der Waals surface area contributed by atoms with Gasteiger partial charge in [0, 0.05) is 34.3 Å². The van der Waals surface area contributed by atoms with Crippen molar-refractivity contribution in [2.45, 2.75) is 25.8 Å². The molecular formula is C25H23BrN4S. The summed E-state index contributed by atoms with van der Waals surface area (Å²) in [7, 11) is 0. The van der Waals surface area contributed by atoms with Gasteiger partial charge in [0.25, 0.3) is 0 Å². The molecule has 156 valence electrons. The van der Waals surface area contributed by atoms with Crippen LogP contribution in [0.1, 0.15) is 24.1 Å². The number of hydrogen-bond acceptors (Lipinski definition) is 2. The van der Waals surface area contributed by atoms with Crippen LogP contribution in [-0.4, -0.2) is 25.7 Å². The highest BCUT2D eigenvalue weighted by molar-refractivity contribution is 9.10. The average molecular weight is 491 g/mol. The van der Waals surface area contributed by atoms with Gasteiger partial charge in [-0.2, -0.15) is 0 Å². The van der Waals surface area contributed by atoms with E-state index in [1.54, 1.807) is 0 Å². The lowest BCUT2D eigenvalue weighted by Gasteiger charge is -2.10. The van der Waals surface area contributed by atoms with Gasteiger partial charge in [0.15, 0.2) is 5.82 Å². The number of halogens is 1. The summed E-state index contributed by atoms with van der Waals surface area (Å²) in [6, 6.07) is 18.9. The molecule has 5 rings (SSSR count). The summed E-state index contributed by atoms with van der Waals surface area (Å²) in [6.45, 7) is 5.40. The third-order valence-corrected chi connectivity index (χ3v) is 6.64. The largest absolute Gasteiger partial charge is 0.371 e. The second kappa shape index (κ2) is 8.44. The molecule has 4 nitrogen and oxygen atoms in total. The molecule has 6 heteroatoms. The summed E-state index contributed by atoms with van der Waals surface area (Å²) in [5.41, 5.74) is 6.94. The van der Waals surface area contributed by atoms with E-state index in [-0.39, 0.29) is 0 Å². The van der Waals surface area contributed by atoms with E-state index in [1.807, 2.05) is 6.08 Å². The fraction of sp³-hybridized carbons (Fsp3) is 0.200. The van der Waals surface area contributed by atoms with Crippen molar-refractivity contribution in [3.63, 3.8) is 0 Å². The maximum Gasteiger partial charge on any atom is 0.162 e. The predicted octanol–water partition coefficient (Wildman–Crippen LogP) is 6.02. The molecule has 0 spiro atoms. The van der Waals surface area contributed by atoms with Crippen LogP contribution >= 0.6 is 28.1 Å². The molecule has 0 fully saturated rings. The summed E-state index contributed by atoms with van der Waals surface area (Å²) in [5.74, 6) is 0.984. The third-order valence-electron chi connectivity index (χ3n) is 5.77. The lowest BCUT2D eigenvalue weighted by molar-refractivity contribution is 0.645. The topological polar surface area (TPSA) is 34.3 Å². The highest BCUT2D eigenvalue weighted by Gasteiger charge is 2.29. The normalized spacial score (nSPS) is 13.2. The Kier molecular flexibility index (Phi) is 5.50. The Hall–Kier alpha value is -2.70. The van der Waals surface area contributed by atoms with E-state index in [4.69, 9.17) is 17.3 Å². The standard InChI is InChI=1S/C25H23BrN4S/c1-2-15-27-24(31)22-21(17-8-4-3-5-9-17)20-10-6-7-16-29-23(28-30(22)25(20)29)18-11-13-19(26)14-12-18/h2-5,8-9,11-14H,1,6-7,10,15-16H2,(H,27,31). The zero-order chi connectivity index (χ0) is 21.4. The van der Waals surface area contributed by atoms with Crippen molar-refractivity contribution in [2.75, 3.05) is 6.54 Å². The molecule has 1 N–H and O–H groups in total. The van der Waals surface area contributed by atoms with Crippen molar-refractivity contribution in [1.82, 2.24) is 19.5 Å². The molecule has 0 saturated carbocycles. The van der Waals surface area contributed by atoms with Crippen molar-refractivity contribution >= 4 is 38.8 Å². The van der Waals surface area contributed by atoms with Crippen LogP contribution in [0.4, 0.5) is 0 Å². The molecule has 31 heavy (non-hydrogen) atoms. The fourth-order valence-corrected chi connectivity index (χ4v) is 4.96. The Balaban J connectivity index is 1.81. The van der Waals surface area contributed by atoms with Crippen LogP contribution < -0.4 is 5.32 Å². The zero-order valence-electron chi connectivity index (χ0n) is 17.1. The second-order valence-corrected chi connectivity index (χ2v) is 9.07. The smallest absolute Gasteiger partial charge is 0.162 e. The molecular weight excluding hydrogens is 468 g/mol. The monoisotopic (exact) mass is 490 g/mol. The first-order valence-corrected chi connectivity index (χ1v) is 11.7. The number of hydrogen-bond donors (Lipinski definition) is 1. The van der Waals surface area contributed by atoms with Crippen LogP contribution in [-0.2, 0) is 13.0 Å². The second-order valence-electron chi connectivity index (χ2n) is 7.74. The van der Waals surface area contributed by atoms with E-state index < -0.39 is 0 Å². The van der Waals surface area contributed by atoms with Crippen LogP contribution in [0, 0.1) is 0 Å². The molecule has 4 aromatic rings. The van der Waals surface area contributed by atoms with Gasteiger partial charge in [0.2, 0.25) is 0 Å². The molecule has 0 unspecified atom stereocenters. The summed E-state index contributed by atoms with van der Waals surface area (Å²) < 4.78 is 5.50. The van der Waals surface area contributed by atoms with Gasteiger partial charge < -0.3 is 9.88 Å². The van der Waals surface area contributed by atoms with Crippen LogP contribution in [0.25, 0.3) is 28.2 Å². The van der Waals surface area contributed by atoms with Crippen molar-refractivity contribution in [3.8, 4) is 22.5 Å².